The number of carbonyl (C=O) groups excluding carboxylic acids is 2. The van der Waals surface area contributed by atoms with Crippen LogP contribution in [0.5, 0.6) is 0 Å². The smallest absolute Gasteiger partial charge is 0.290 e. The number of benzene rings is 1. The Labute approximate surface area is 143 Å². The van der Waals surface area contributed by atoms with Gasteiger partial charge in [0.1, 0.15) is 6.04 Å². The quantitative estimate of drug-likeness (QED) is 0.924. The lowest BCUT2D eigenvalue weighted by atomic mass is 10.1. The molecule has 132 valence electrons. The molecule has 25 heavy (non-hydrogen) atoms. The molecule has 0 spiro atoms. The Morgan fingerprint density at radius 1 is 1.28 bits per heavy atom. The number of furan rings is 1. The summed E-state index contributed by atoms with van der Waals surface area (Å²) < 4.78 is 31.5. The first-order chi connectivity index (χ1) is 12.0. The van der Waals surface area contributed by atoms with Crippen LogP contribution in [0.2, 0.25) is 0 Å². The van der Waals surface area contributed by atoms with Gasteiger partial charge in [0.25, 0.3) is 5.91 Å². The molecule has 1 aromatic carbocycles. The summed E-state index contributed by atoms with van der Waals surface area (Å²) in [5.74, 6) is -2.37. The van der Waals surface area contributed by atoms with Crippen LogP contribution >= 0.6 is 0 Å². The van der Waals surface area contributed by atoms with Gasteiger partial charge in [-0.2, -0.15) is 0 Å². The van der Waals surface area contributed by atoms with Crippen LogP contribution in [0.3, 0.4) is 0 Å². The summed E-state index contributed by atoms with van der Waals surface area (Å²) in [5.41, 5.74) is 0.453. The van der Waals surface area contributed by atoms with Crippen molar-refractivity contribution in [2.75, 3.05) is 6.54 Å². The molecule has 0 bridgehead atoms. The zero-order chi connectivity index (χ0) is 18.0. The predicted molar refractivity (Wildman–Crippen MR) is 85.7 cm³/mol. The Balaban J connectivity index is 1.69. The fraction of sp³-hybridized carbons (Fsp3) is 0.333. The van der Waals surface area contributed by atoms with Gasteiger partial charge < -0.3 is 14.6 Å². The van der Waals surface area contributed by atoms with E-state index in [1.807, 2.05) is 0 Å². The standard InChI is InChI=1S/C18H18F2N2O3/c1-11(12-6-7-13(19)14(20)10-12)21-17(23)15-4-2-8-22(15)18(24)16-5-3-9-25-16/h3,5-7,9-11,15H,2,4,8H2,1H3,(H,21,23)/t11-,15-/m1/s1. The number of hydrogen-bond acceptors (Lipinski definition) is 3. The van der Waals surface area contributed by atoms with Crippen LogP contribution in [0.25, 0.3) is 0 Å². The van der Waals surface area contributed by atoms with Gasteiger partial charge in [-0.05, 0) is 49.6 Å². The number of carbonyl (C=O) groups is 2. The maximum atomic E-state index is 13.4. The molecule has 5 nitrogen and oxygen atoms in total. The molecule has 7 heteroatoms. The minimum atomic E-state index is -0.964. The number of nitrogens with one attached hydrogen (secondary N) is 1. The third-order valence-corrected chi connectivity index (χ3v) is 4.35. The summed E-state index contributed by atoms with van der Waals surface area (Å²) in [4.78, 5) is 26.5. The summed E-state index contributed by atoms with van der Waals surface area (Å²) in [6.45, 7) is 2.15. The summed E-state index contributed by atoms with van der Waals surface area (Å²) in [6.07, 6.45) is 2.66. The predicted octanol–water partition coefficient (Wildman–Crippen LogP) is 3.04. The molecule has 1 aliphatic rings. The van der Waals surface area contributed by atoms with Gasteiger partial charge in [0.2, 0.25) is 5.91 Å². The van der Waals surface area contributed by atoms with E-state index in [1.54, 1.807) is 19.1 Å². The van der Waals surface area contributed by atoms with Crippen molar-refractivity contribution in [2.24, 2.45) is 0 Å². The molecule has 2 heterocycles. The number of halogens is 2. The van der Waals surface area contributed by atoms with Gasteiger partial charge in [0, 0.05) is 6.54 Å². The summed E-state index contributed by atoms with van der Waals surface area (Å²) in [5, 5.41) is 2.76. The van der Waals surface area contributed by atoms with Gasteiger partial charge in [0.15, 0.2) is 17.4 Å². The highest BCUT2D eigenvalue weighted by atomic mass is 19.2. The van der Waals surface area contributed by atoms with Crippen molar-refractivity contribution in [1.82, 2.24) is 10.2 Å². The number of amides is 2. The Bertz CT molecular complexity index is 777. The zero-order valence-corrected chi connectivity index (χ0v) is 13.7. The summed E-state index contributed by atoms with van der Waals surface area (Å²) in [7, 11) is 0. The van der Waals surface area contributed by atoms with E-state index in [1.165, 1.54) is 17.2 Å². The van der Waals surface area contributed by atoms with E-state index in [-0.39, 0.29) is 17.6 Å². The van der Waals surface area contributed by atoms with Crippen molar-refractivity contribution in [3.05, 3.63) is 59.6 Å². The van der Waals surface area contributed by atoms with Gasteiger partial charge in [-0.25, -0.2) is 8.78 Å². The van der Waals surface area contributed by atoms with Crippen LogP contribution in [0.1, 0.15) is 41.9 Å². The molecule has 0 unspecified atom stereocenters. The highest BCUT2D eigenvalue weighted by Crippen LogP contribution is 2.22. The largest absolute Gasteiger partial charge is 0.459 e. The molecule has 2 aromatic rings. The fourth-order valence-corrected chi connectivity index (χ4v) is 3.00. The summed E-state index contributed by atoms with van der Waals surface area (Å²) in [6, 6.07) is 5.55. The second-order valence-electron chi connectivity index (χ2n) is 6.04. The van der Waals surface area contributed by atoms with E-state index >= 15 is 0 Å². The monoisotopic (exact) mass is 348 g/mol. The van der Waals surface area contributed by atoms with Crippen molar-refractivity contribution in [3.8, 4) is 0 Å². The van der Waals surface area contributed by atoms with E-state index in [2.05, 4.69) is 5.32 Å². The van der Waals surface area contributed by atoms with Gasteiger partial charge in [-0.1, -0.05) is 6.07 Å². The molecule has 1 N–H and O–H groups in total. The van der Waals surface area contributed by atoms with Crippen molar-refractivity contribution in [2.45, 2.75) is 31.8 Å². The molecule has 3 rings (SSSR count). The average molecular weight is 348 g/mol. The Kier molecular flexibility index (Phi) is 4.83. The van der Waals surface area contributed by atoms with Crippen LogP contribution in [0.15, 0.2) is 41.0 Å². The Morgan fingerprint density at radius 2 is 2.08 bits per heavy atom. The van der Waals surface area contributed by atoms with Crippen LogP contribution in [-0.2, 0) is 4.79 Å². The molecule has 0 radical (unpaired) electrons. The molecular formula is C18H18F2N2O3. The Hall–Kier alpha value is -2.70. The van der Waals surface area contributed by atoms with Gasteiger partial charge in [0.05, 0.1) is 12.3 Å². The maximum Gasteiger partial charge on any atom is 0.290 e. The van der Waals surface area contributed by atoms with Crippen LogP contribution in [0.4, 0.5) is 8.78 Å². The van der Waals surface area contributed by atoms with E-state index in [0.29, 0.717) is 24.9 Å². The van der Waals surface area contributed by atoms with Crippen molar-refractivity contribution >= 4 is 11.8 Å². The zero-order valence-electron chi connectivity index (χ0n) is 13.7. The van der Waals surface area contributed by atoms with Crippen molar-refractivity contribution < 1.29 is 22.8 Å². The molecular weight excluding hydrogens is 330 g/mol. The van der Waals surface area contributed by atoms with Crippen LogP contribution < -0.4 is 5.32 Å². The lowest BCUT2D eigenvalue weighted by Crippen LogP contribution is -2.46. The minimum Gasteiger partial charge on any atom is -0.459 e. The lowest BCUT2D eigenvalue weighted by molar-refractivity contribution is -0.125. The molecule has 1 aliphatic heterocycles. The molecule has 1 aromatic heterocycles. The molecule has 2 amide bonds. The number of likely N-dealkylation sites (tertiary alicyclic amines) is 1. The molecule has 2 atom stereocenters. The second kappa shape index (κ2) is 7.04. The minimum absolute atomic E-state index is 0.188. The Morgan fingerprint density at radius 3 is 2.76 bits per heavy atom. The molecule has 1 fully saturated rings. The van der Waals surface area contributed by atoms with Crippen molar-refractivity contribution in [1.29, 1.82) is 0 Å². The summed E-state index contributed by atoms with van der Waals surface area (Å²) >= 11 is 0. The van der Waals surface area contributed by atoms with Crippen LogP contribution in [0, 0.1) is 11.6 Å². The van der Waals surface area contributed by atoms with Gasteiger partial charge >= 0.3 is 0 Å². The lowest BCUT2D eigenvalue weighted by Gasteiger charge is -2.25. The highest BCUT2D eigenvalue weighted by molar-refractivity contribution is 5.96. The topological polar surface area (TPSA) is 62.6 Å². The van der Waals surface area contributed by atoms with Crippen molar-refractivity contribution in [3.63, 3.8) is 0 Å². The number of hydrogen-bond donors (Lipinski definition) is 1. The van der Waals surface area contributed by atoms with E-state index < -0.39 is 23.7 Å². The molecule has 0 aliphatic carbocycles. The average Bonchev–Trinajstić information content (AvgIpc) is 3.28. The molecule has 1 saturated heterocycles. The first kappa shape index (κ1) is 17.1. The number of nitrogens with zero attached hydrogens (tertiary/aromatic N) is 1. The third kappa shape index (κ3) is 3.55. The number of rotatable bonds is 4. The first-order valence-electron chi connectivity index (χ1n) is 8.07. The first-order valence-corrected chi connectivity index (χ1v) is 8.07. The van der Waals surface area contributed by atoms with Crippen LogP contribution in [-0.4, -0.2) is 29.3 Å². The second-order valence-corrected chi connectivity index (χ2v) is 6.04. The van der Waals surface area contributed by atoms with E-state index in [0.717, 1.165) is 12.1 Å². The molecule has 0 saturated carbocycles. The highest BCUT2D eigenvalue weighted by Gasteiger charge is 2.36. The SMILES string of the molecule is C[C@@H](NC(=O)[C@H]1CCCN1C(=O)c1ccco1)c1ccc(F)c(F)c1. The third-order valence-electron chi connectivity index (χ3n) is 4.35. The van der Waals surface area contributed by atoms with E-state index in [9.17, 15) is 18.4 Å². The van der Waals surface area contributed by atoms with E-state index in [4.69, 9.17) is 4.42 Å². The normalized spacial score (nSPS) is 18.2. The van der Waals surface area contributed by atoms with Gasteiger partial charge in [-0.15, -0.1) is 0 Å². The fourth-order valence-electron chi connectivity index (χ4n) is 3.00. The maximum absolute atomic E-state index is 13.4. The van der Waals surface area contributed by atoms with Gasteiger partial charge in [-0.3, -0.25) is 9.59 Å².